The molecule has 0 fully saturated rings. The van der Waals surface area contributed by atoms with Crippen molar-refractivity contribution >= 4 is 23.5 Å². The van der Waals surface area contributed by atoms with Crippen molar-refractivity contribution in [1.29, 1.82) is 0 Å². The number of amides is 1. The molecule has 3 aromatic rings. The summed E-state index contributed by atoms with van der Waals surface area (Å²) >= 11 is 6.21. The van der Waals surface area contributed by atoms with Gasteiger partial charge in [0.2, 0.25) is 11.8 Å². The molecule has 0 spiro atoms. The highest BCUT2D eigenvalue weighted by atomic mass is 35.5. The molecule has 3 rings (SSSR count). The van der Waals surface area contributed by atoms with Gasteiger partial charge in [0.25, 0.3) is 5.91 Å². The van der Waals surface area contributed by atoms with E-state index in [0.717, 1.165) is 6.42 Å². The van der Waals surface area contributed by atoms with Crippen molar-refractivity contribution in [3.63, 3.8) is 0 Å². The number of methoxy groups -OCH3 is 1. The van der Waals surface area contributed by atoms with Crippen molar-refractivity contribution in [3.05, 3.63) is 57.7 Å². The monoisotopic (exact) mass is 474 g/mol. The van der Waals surface area contributed by atoms with Gasteiger partial charge in [0, 0.05) is 19.3 Å². The Bertz CT molecular complexity index is 1120. The van der Waals surface area contributed by atoms with E-state index in [0.29, 0.717) is 46.3 Å². The zero-order chi connectivity index (χ0) is 24.0. The summed E-state index contributed by atoms with van der Waals surface area (Å²) in [5.41, 5.74) is 2.39. The second-order valence-electron chi connectivity index (χ2n) is 7.46. The van der Waals surface area contributed by atoms with E-state index in [2.05, 4.69) is 15.2 Å². The van der Waals surface area contributed by atoms with E-state index in [1.807, 2.05) is 19.1 Å². The van der Waals surface area contributed by atoms with Crippen LogP contribution in [0.5, 0.6) is 0 Å². The Morgan fingerprint density at radius 3 is 2.64 bits per heavy atom. The average molecular weight is 475 g/mol. The summed E-state index contributed by atoms with van der Waals surface area (Å²) in [6.45, 7) is 6.43. The Balaban J connectivity index is 1.81. The molecule has 0 bridgehead atoms. The first-order valence-electron chi connectivity index (χ1n) is 10.6. The van der Waals surface area contributed by atoms with Crippen LogP contribution >= 0.6 is 11.6 Å². The van der Waals surface area contributed by atoms with Crippen LogP contribution in [0.15, 0.2) is 28.7 Å². The number of hydrogen-bond donors (Lipinski definition) is 1. The van der Waals surface area contributed by atoms with Gasteiger partial charge in [-0.15, -0.1) is 10.2 Å². The van der Waals surface area contributed by atoms with Gasteiger partial charge in [-0.05, 0) is 38.0 Å². The molecule has 0 aliphatic heterocycles. The molecule has 0 aliphatic rings. The van der Waals surface area contributed by atoms with Crippen molar-refractivity contribution in [3.8, 4) is 11.5 Å². The molecule has 1 aromatic carbocycles. The fourth-order valence-electron chi connectivity index (χ4n) is 3.46. The molecule has 9 nitrogen and oxygen atoms in total. The maximum atomic E-state index is 13.4. The zero-order valence-electron chi connectivity index (χ0n) is 19.1. The van der Waals surface area contributed by atoms with Gasteiger partial charge in [-0.1, -0.05) is 30.7 Å². The number of carbonyl (C=O) groups excluding carboxylic acids is 2. The smallest absolute Gasteiger partial charge is 0.340 e. The lowest BCUT2D eigenvalue weighted by molar-refractivity contribution is 0.0386. The summed E-state index contributed by atoms with van der Waals surface area (Å²) < 4.78 is 15.9. The summed E-state index contributed by atoms with van der Waals surface area (Å²) in [6, 6.07) is 7.16. The van der Waals surface area contributed by atoms with Crippen molar-refractivity contribution < 1.29 is 23.5 Å². The summed E-state index contributed by atoms with van der Waals surface area (Å²) in [6.07, 6.45) is 0.724. The highest BCUT2D eigenvalue weighted by Crippen LogP contribution is 2.27. The normalized spacial score (nSPS) is 10.9. The molecular weight excluding hydrogens is 448 g/mol. The molecular formula is C23H27ClN4O5. The van der Waals surface area contributed by atoms with Crippen LogP contribution in [0.4, 0.5) is 0 Å². The molecule has 10 heteroatoms. The summed E-state index contributed by atoms with van der Waals surface area (Å²) in [5.74, 6) is -0.203. The van der Waals surface area contributed by atoms with E-state index < -0.39 is 5.97 Å². The fourth-order valence-corrected chi connectivity index (χ4v) is 3.68. The number of ether oxygens (including phenoxy) is 2. The quantitative estimate of drug-likeness (QED) is 0.346. The van der Waals surface area contributed by atoms with Gasteiger partial charge in [0.05, 0.1) is 29.3 Å². The van der Waals surface area contributed by atoms with Crippen LogP contribution in [0.1, 0.15) is 51.3 Å². The number of halogens is 1. The van der Waals surface area contributed by atoms with Gasteiger partial charge in [-0.3, -0.25) is 4.79 Å². The predicted octanol–water partition coefficient (Wildman–Crippen LogP) is 4.19. The Labute approximate surface area is 197 Å². The SMILES string of the molecule is CCCN(Cc1nnc(-c2ccccc2Cl)o1)C(=O)c1[nH]c(C)c(C(=O)OCCOC)c1C. The van der Waals surface area contributed by atoms with E-state index in [-0.39, 0.29) is 30.8 Å². The van der Waals surface area contributed by atoms with E-state index in [4.69, 9.17) is 25.5 Å². The minimum Gasteiger partial charge on any atom is -0.460 e. The first kappa shape index (κ1) is 24.5. The Morgan fingerprint density at radius 2 is 1.94 bits per heavy atom. The maximum absolute atomic E-state index is 13.4. The number of rotatable bonds is 10. The van der Waals surface area contributed by atoms with Gasteiger partial charge in [0.15, 0.2) is 0 Å². The number of carbonyl (C=O) groups is 2. The van der Waals surface area contributed by atoms with Gasteiger partial charge >= 0.3 is 5.97 Å². The predicted molar refractivity (Wildman–Crippen MR) is 122 cm³/mol. The maximum Gasteiger partial charge on any atom is 0.340 e. The molecule has 0 atom stereocenters. The molecule has 2 aromatic heterocycles. The highest BCUT2D eigenvalue weighted by molar-refractivity contribution is 6.33. The lowest BCUT2D eigenvalue weighted by atomic mass is 10.1. The standard InChI is InChI=1S/C23H27ClN4O5/c1-5-10-28(13-18-26-27-21(33-18)16-8-6-7-9-17(16)24)22(29)20-14(2)19(15(3)25-20)23(30)32-12-11-31-4/h6-9,25H,5,10-13H2,1-4H3. The second kappa shape index (κ2) is 11.1. The number of nitrogens with one attached hydrogen (secondary N) is 1. The largest absolute Gasteiger partial charge is 0.460 e. The van der Waals surface area contributed by atoms with Crippen LogP contribution in [-0.4, -0.2) is 58.8 Å². The summed E-state index contributed by atoms with van der Waals surface area (Å²) in [7, 11) is 1.53. The third-order valence-electron chi connectivity index (χ3n) is 5.05. The van der Waals surface area contributed by atoms with Crippen molar-refractivity contribution in [2.75, 3.05) is 26.9 Å². The van der Waals surface area contributed by atoms with E-state index in [1.54, 1.807) is 30.9 Å². The third-order valence-corrected chi connectivity index (χ3v) is 5.38. The number of aromatic nitrogens is 3. The molecule has 0 radical (unpaired) electrons. The number of hydrogen-bond acceptors (Lipinski definition) is 7. The number of esters is 1. The lowest BCUT2D eigenvalue weighted by Crippen LogP contribution is -2.32. The molecule has 0 unspecified atom stereocenters. The molecule has 0 saturated carbocycles. The second-order valence-corrected chi connectivity index (χ2v) is 7.87. The van der Waals surface area contributed by atoms with Gasteiger partial charge in [-0.25, -0.2) is 4.79 Å². The van der Waals surface area contributed by atoms with Crippen LogP contribution in [0.3, 0.4) is 0 Å². The third kappa shape index (κ3) is 5.61. The van der Waals surface area contributed by atoms with E-state index >= 15 is 0 Å². The zero-order valence-corrected chi connectivity index (χ0v) is 19.9. The average Bonchev–Trinajstić information content (AvgIpc) is 3.37. The lowest BCUT2D eigenvalue weighted by Gasteiger charge is -2.20. The molecule has 1 N–H and O–H groups in total. The minimum atomic E-state index is -0.499. The van der Waals surface area contributed by atoms with Crippen LogP contribution in [0, 0.1) is 13.8 Å². The Hall–Kier alpha value is -3.17. The van der Waals surface area contributed by atoms with E-state index in [9.17, 15) is 9.59 Å². The minimum absolute atomic E-state index is 0.120. The van der Waals surface area contributed by atoms with Crippen LogP contribution in [0.2, 0.25) is 5.02 Å². The topological polar surface area (TPSA) is 111 Å². The molecule has 0 saturated heterocycles. The first-order valence-corrected chi connectivity index (χ1v) is 11.0. The Kier molecular flexibility index (Phi) is 8.24. The van der Waals surface area contributed by atoms with Gasteiger partial charge < -0.3 is 23.8 Å². The molecule has 176 valence electrons. The number of aryl methyl sites for hydroxylation is 1. The van der Waals surface area contributed by atoms with Crippen LogP contribution in [-0.2, 0) is 16.0 Å². The fraction of sp³-hybridized carbons (Fsp3) is 0.391. The van der Waals surface area contributed by atoms with E-state index in [1.165, 1.54) is 7.11 Å². The van der Waals surface area contributed by atoms with Gasteiger partial charge in [0.1, 0.15) is 12.3 Å². The molecule has 1 amide bonds. The summed E-state index contributed by atoms with van der Waals surface area (Å²) in [4.78, 5) is 30.5. The molecule has 2 heterocycles. The number of H-pyrrole nitrogens is 1. The van der Waals surface area contributed by atoms with Gasteiger partial charge in [-0.2, -0.15) is 0 Å². The first-order chi connectivity index (χ1) is 15.9. The van der Waals surface area contributed by atoms with Crippen LogP contribution in [0.25, 0.3) is 11.5 Å². The molecule has 0 aliphatic carbocycles. The van der Waals surface area contributed by atoms with Crippen molar-refractivity contribution in [2.45, 2.75) is 33.7 Å². The van der Waals surface area contributed by atoms with Crippen LogP contribution < -0.4 is 0 Å². The summed E-state index contributed by atoms with van der Waals surface area (Å²) in [5, 5.41) is 8.65. The Morgan fingerprint density at radius 1 is 1.18 bits per heavy atom. The number of benzene rings is 1. The number of nitrogens with zero attached hydrogens (tertiary/aromatic N) is 3. The molecule has 33 heavy (non-hydrogen) atoms. The van der Waals surface area contributed by atoms with Crippen molar-refractivity contribution in [1.82, 2.24) is 20.1 Å². The highest BCUT2D eigenvalue weighted by Gasteiger charge is 2.27. The number of aromatic amines is 1. The van der Waals surface area contributed by atoms with Crippen molar-refractivity contribution in [2.24, 2.45) is 0 Å².